The summed E-state index contributed by atoms with van der Waals surface area (Å²) in [6.45, 7) is 2.92. The zero-order valence-electron chi connectivity index (χ0n) is 12.7. The Bertz CT molecular complexity index is 970. The number of thiophene rings is 1. The highest BCUT2D eigenvalue weighted by Gasteiger charge is 2.14. The number of aromatic nitrogens is 2. The fraction of sp³-hybridized carbons (Fsp3) is 0.105. The van der Waals surface area contributed by atoms with E-state index in [1.165, 1.54) is 15.3 Å². The molecule has 23 heavy (non-hydrogen) atoms. The molecular formula is C19H15ClN2S. The smallest absolute Gasteiger partial charge is 0.151 e. The molecule has 2 heterocycles. The van der Waals surface area contributed by atoms with E-state index in [-0.39, 0.29) is 0 Å². The fourth-order valence-corrected chi connectivity index (χ4v) is 3.80. The molecule has 0 amide bonds. The highest BCUT2D eigenvalue weighted by molar-refractivity contribution is 7.15. The Labute approximate surface area is 144 Å². The molecule has 4 rings (SSSR count). The van der Waals surface area contributed by atoms with Gasteiger partial charge in [0, 0.05) is 16.4 Å². The quantitative estimate of drug-likeness (QED) is 0.463. The first-order valence-corrected chi connectivity index (χ1v) is 8.67. The van der Waals surface area contributed by atoms with Crippen LogP contribution in [0.15, 0.2) is 60.7 Å². The third kappa shape index (κ3) is 2.78. The van der Waals surface area contributed by atoms with Crippen LogP contribution in [0.2, 0.25) is 5.02 Å². The van der Waals surface area contributed by atoms with Crippen molar-refractivity contribution in [3.63, 3.8) is 0 Å². The van der Waals surface area contributed by atoms with E-state index in [4.69, 9.17) is 16.6 Å². The lowest BCUT2D eigenvalue weighted by atomic mass is 10.2. The molecule has 0 bridgehead atoms. The normalized spacial score (nSPS) is 11.2. The molecule has 114 valence electrons. The van der Waals surface area contributed by atoms with Gasteiger partial charge in [-0.2, -0.15) is 0 Å². The number of benzene rings is 2. The van der Waals surface area contributed by atoms with Crippen LogP contribution in [0.5, 0.6) is 0 Å². The molecule has 2 aromatic heterocycles. The van der Waals surface area contributed by atoms with Crippen molar-refractivity contribution in [3.05, 3.63) is 76.1 Å². The number of imidazole rings is 1. The highest BCUT2D eigenvalue weighted by Crippen LogP contribution is 2.31. The first kappa shape index (κ1) is 14.5. The van der Waals surface area contributed by atoms with Crippen molar-refractivity contribution in [3.8, 4) is 10.7 Å². The number of hydrogen-bond acceptors (Lipinski definition) is 2. The molecule has 4 heteroatoms. The van der Waals surface area contributed by atoms with E-state index in [0.717, 1.165) is 28.4 Å². The summed E-state index contributed by atoms with van der Waals surface area (Å²) in [5.41, 5.74) is 3.31. The maximum atomic E-state index is 6.14. The van der Waals surface area contributed by atoms with E-state index in [0.29, 0.717) is 0 Å². The molecule has 2 nitrogen and oxygen atoms in total. The summed E-state index contributed by atoms with van der Waals surface area (Å²) in [5.74, 6) is 1.00. The Morgan fingerprint density at radius 2 is 1.87 bits per heavy atom. The van der Waals surface area contributed by atoms with Gasteiger partial charge in [-0.1, -0.05) is 41.9 Å². The number of aryl methyl sites for hydroxylation is 1. The van der Waals surface area contributed by atoms with Crippen LogP contribution in [0, 0.1) is 6.92 Å². The fourth-order valence-electron chi connectivity index (χ4n) is 2.77. The van der Waals surface area contributed by atoms with Gasteiger partial charge in [-0.05, 0) is 42.8 Å². The maximum Gasteiger partial charge on any atom is 0.151 e. The van der Waals surface area contributed by atoms with E-state index in [9.17, 15) is 0 Å². The molecule has 0 saturated heterocycles. The van der Waals surface area contributed by atoms with Gasteiger partial charge in [-0.3, -0.25) is 0 Å². The van der Waals surface area contributed by atoms with E-state index in [1.807, 2.05) is 18.2 Å². The van der Waals surface area contributed by atoms with Crippen molar-refractivity contribution in [2.75, 3.05) is 0 Å². The topological polar surface area (TPSA) is 17.8 Å². The molecule has 0 atom stereocenters. The molecular weight excluding hydrogens is 324 g/mol. The average Bonchev–Trinajstić information content (AvgIpc) is 3.12. The zero-order valence-corrected chi connectivity index (χ0v) is 14.2. The molecule has 0 aliphatic carbocycles. The van der Waals surface area contributed by atoms with E-state index >= 15 is 0 Å². The van der Waals surface area contributed by atoms with E-state index in [2.05, 4.69) is 54.0 Å². The molecule has 0 saturated carbocycles. The van der Waals surface area contributed by atoms with Gasteiger partial charge in [0.15, 0.2) is 5.82 Å². The Kier molecular flexibility index (Phi) is 3.68. The summed E-state index contributed by atoms with van der Waals surface area (Å²) in [7, 11) is 0. The molecule has 0 N–H and O–H groups in total. The minimum absolute atomic E-state index is 0.718. The Balaban J connectivity index is 1.91. The molecule has 0 spiro atoms. The minimum Gasteiger partial charge on any atom is -0.319 e. The molecule has 4 aromatic rings. The second-order valence-electron chi connectivity index (χ2n) is 5.55. The number of nitrogens with zero attached hydrogens (tertiary/aromatic N) is 2. The Hall–Kier alpha value is -2.10. The van der Waals surface area contributed by atoms with Crippen LogP contribution < -0.4 is 0 Å². The molecule has 0 unspecified atom stereocenters. The van der Waals surface area contributed by atoms with Crippen molar-refractivity contribution in [1.82, 2.24) is 9.55 Å². The van der Waals surface area contributed by atoms with Gasteiger partial charge in [-0.25, -0.2) is 4.98 Å². The summed E-state index contributed by atoms with van der Waals surface area (Å²) in [6.07, 6.45) is 0. The monoisotopic (exact) mass is 338 g/mol. The van der Waals surface area contributed by atoms with Crippen molar-refractivity contribution in [2.24, 2.45) is 0 Å². The van der Waals surface area contributed by atoms with Crippen molar-refractivity contribution in [2.45, 2.75) is 13.5 Å². The Morgan fingerprint density at radius 1 is 1.04 bits per heavy atom. The molecule has 0 aliphatic heterocycles. The molecule has 0 radical (unpaired) electrons. The predicted molar refractivity (Wildman–Crippen MR) is 98.3 cm³/mol. The van der Waals surface area contributed by atoms with Crippen LogP contribution in [0.1, 0.15) is 10.4 Å². The van der Waals surface area contributed by atoms with Crippen molar-refractivity contribution >= 4 is 34.0 Å². The summed E-state index contributed by atoms with van der Waals surface area (Å²) < 4.78 is 2.27. The van der Waals surface area contributed by atoms with Gasteiger partial charge in [0.1, 0.15) is 0 Å². The maximum absolute atomic E-state index is 6.14. The lowest BCUT2D eigenvalue weighted by Gasteiger charge is -2.08. The van der Waals surface area contributed by atoms with Gasteiger partial charge in [0.25, 0.3) is 0 Å². The number of fused-ring (bicyclic) bond motifs is 1. The molecule has 2 aromatic carbocycles. The molecule has 0 fully saturated rings. The SMILES string of the molecule is Cc1ccc(-c2nc3cc(Cl)ccc3n2Cc2ccccc2)s1. The van der Waals surface area contributed by atoms with E-state index in [1.54, 1.807) is 11.3 Å². The standard InChI is InChI=1S/C19H15ClN2S/c1-13-7-10-18(23-13)19-21-16-11-15(20)8-9-17(16)22(19)12-14-5-3-2-4-6-14/h2-11H,12H2,1H3. The predicted octanol–water partition coefficient (Wildman–Crippen LogP) is 5.77. The lowest BCUT2D eigenvalue weighted by Crippen LogP contribution is -2.01. The second-order valence-corrected chi connectivity index (χ2v) is 7.27. The Morgan fingerprint density at radius 3 is 2.61 bits per heavy atom. The average molecular weight is 339 g/mol. The second kappa shape index (κ2) is 5.84. The van der Waals surface area contributed by atoms with Gasteiger partial charge < -0.3 is 4.57 Å². The summed E-state index contributed by atoms with van der Waals surface area (Å²) in [4.78, 5) is 7.32. The van der Waals surface area contributed by atoms with E-state index < -0.39 is 0 Å². The summed E-state index contributed by atoms with van der Waals surface area (Å²) in [5, 5.41) is 0.718. The number of rotatable bonds is 3. The van der Waals surface area contributed by atoms with Crippen LogP contribution in [0.3, 0.4) is 0 Å². The third-order valence-corrected chi connectivity index (χ3v) is 5.09. The number of halogens is 1. The van der Waals surface area contributed by atoms with Crippen LogP contribution >= 0.6 is 22.9 Å². The number of hydrogen-bond donors (Lipinski definition) is 0. The molecule has 0 aliphatic rings. The lowest BCUT2D eigenvalue weighted by molar-refractivity contribution is 0.836. The van der Waals surface area contributed by atoms with Gasteiger partial charge in [0.05, 0.1) is 15.9 Å². The van der Waals surface area contributed by atoms with Gasteiger partial charge in [-0.15, -0.1) is 11.3 Å². The summed E-state index contributed by atoms with van der Waals surface area (Å²) >= 11 is 7.91. The minimum atomic E-state index is 0.718. The van der Waals surface area contributed by atoms with Crippen LogP contribution in [0.4, 0.5) is 0 Å². The van der Waals surface area contributed by atoms with Crippen molar-refractivity contribution < 1.29 is 0 Å². The third-order valence-electron chi connectivity index (χ3n) is 3.85. The van der Waals surface area contributed by atoms with Crippen LogP contribution in [-0.2, 0) is 6.54 Å². The zero-order chi connectivity index (χ0) is 15.8. The van der Waals surface area contributed by atoms with Crippen LogP contribution in [0.25, 0.3) is 21.7 Å². The van der Waals surface area contributed by atoms with Gasteiger partial charge >= 0.3 is 0 Å². The van der Waals surface area contributed by atoms with Gasteiger partial charge in [0.2, 0.25) is 0 Å². The first-order valence-electron chi connectivity index (χ1n) is 7.47. The first-order chi connectivity index (χ1) is 11.2. The highest BCUT2D eigenvalue weighted by atomic mass is 35.5. The van der Waals surface area contributed by atoms with Crippen molar-refractivity contribution in [1.29, 1.82) is 0 Å². The van der Waals surface area contributed by atoms with Crippen LogP contribution in [-0.4, -0.2) is 9.55 Å². The largest absolute Gasteiger partial charge is 0.319 e. The summed E-state index contributed by atoms with van der Waals surface area (Å²) in [6, 6.07) is 20.7.